The monoisotopic (exact) mass is 1110 g/mol. The van der Waals surface area contributed by atoms with Gasteiger partial charge in [0.25, 0.3) is 7.82 Å². The summed E-state index contributed by atoms with van der Waals surface area (Å²) in [6, 6.07) is 0. The quantitative estimate of drug-likeness (QED) is 0.0195. The van der Waals surface area contributed by atoms with Crippen molar-refractivity contribution in [2.24, 2.45) is 0 Å². The molecule has 2 atom stereocenters. The van der Waals surface area contributed by atoms with Crippen LogP contribution >= 0.6 is 7.82 Å². The van der Waals surface area contributed by atoms with E-state index in [0.717, 1.165) is 96.3 Å². The molecule has 0 bridgehead atoms. The van der Waals surface area contributed by atoms with Gasteiger partial charge in [0, 0.05) is 12.8 Å². The lowest BCUT2D eigenvalue weighted by molar-refractivity contribution is -0.870. The highest BCUT2D eigenvalue weighted by Gasteiger charge is 2.22. The van der Waals surface area contributed by atoms with E-state index in [9.17, 15) is 19.0 Å². The lowest BCUT2D eigenvalue weighted by Crippen LogP contribution is -2.37. The number of phosphoric acid groups is 1. The van der Waals surface area contributed by atoms with Crippen LogP contribution in [0.1, 0.15) is 296 Å². The van der Waals surface area contributed by atoms with Crippen LogP contribution in [0.3, 0.4) is 0 Å². The van der Waals surface area contributed by atoms with E-state index in [2.05, 4.69) is 86.8 Å². The summed E-state index contributed by atoms with van der Waals surface area (Å²) in [7, 11) is 1.16. The molecule has 454 valence electrons. The Morgan fingerprint density at radius 3 is 1.09 bits per heavy atom. The molecule has 0 amide bonds. The predicted octanol–water partition coefficient (Wildman–Crippen LogP) is 20.2. The number of phosphoric ester groups is 1. The van der Waals surface area contributed by atoms with Crippen molar-refractivity contribution >= 4 is 19.8 Å². The summed E-state index contributed by atoms with van der Waals surface area (Å²) < 4.78 is 34.2. The third-order valence-electron chi connectivity index (χ3n) is 14.2. The van der Waals surface area contributed by atoms with Crippen molar-refractivity contribution in [3.05, 3.63) is 72.9 Å². The minimum absolute atomic E-state index is 0.0358. The summed E-state index contributed by atoms with van der Waals surface area (Å²) in [5.41, 5.74) is 0. The summed E-state index contributed by atoms with van der Waals surface area (Å²) in [5, 5.41) is 0. The van der Waals surface area contributed by atoms with Gasteiger partial charge in [-0.1, -0.05) is 292 Å². The van der Waals surface area contributed by atoms with Crippen LogP contribution in [0.25, 0.3) is 0 Å². The Morgan fingerprint density at radius 2 is 0.731 bits per heavy atom. The van der Waals surface area contributed by atoms with Gasteiger partial charge >= 0.3 is 11.9 Å². The summed E-state index contributed by atoms with van der Waals surface area (Å²) in [5.74, 6) is -0.841. The summed E-state index contributed by atoms with van der Waals surface area (Å²) in [6.07, 6.45) is 78.3. The Hall–Kier alpha value is -2.55. The SMILES string of the molecule is CC/C=C\C/C=C\C/C=C\C/C=C\C/C=C\C/C=C\CCCCCCCCC(=O)OC(COC(=O)CCCCCCCCCCCCCCCCCCCCCCCCCCCCCCC)COP(=O)([O-])OCC[N+](C)(C)C. The van der Waals surface area contributed by atoms with Gasteiger partial charge in [0.2, 0.25) is 0 Å². The lowest BCUT2D eigenvalue weighted by atomic mass is 10.0. The van der Waals surface area contributed by atoms with E-state index in [-0.39, 0.29) is 32.0 Å². The maximum atomic E-state index is 12.8. The number of rotatable bonds is 60. The van der Waals surface area contributed by atoms with Crippen molar-refractivity contribution in [3.8, 4) is 0 Å². The number of nitrogens with zero attached hydrogens (tertiary/aromatic N) is 1. The van der Waals surface area contributed by atoms with Crippen molar-refractivity contribution in [2.45, 2.75) is 302 Å². The van der Waals surface area contributed by atoms with Gasteiger partial charge in [0.1, 0.15) is 19.8 Å². The zero-order valence-electron chi connectivity index (χ0n) is 51.6. The Kier molecular flexibility index (Phi) is 57.2. The second kappa shape index (κ2) is 59.1. The average Bonchev–Trinajstić information content (AvgIpc) is 3.40. The Bertz CT molecular complexity index is 1550. The third-order valence-corrected chi connectivity index (χ3v) is 15.2. The first-order valence-electron chi connectivity index (χ1n) is 32.6. The second-order valence-electron chi connectivity index (χ2n) is 23.1. The van der Waals surface area contributed by atoms with Crippen molar-refractivity contribution < 1.29 is 42.1 Å². The van der Waals surface area contributed by atoms with E-state index in [4.69, 9.17) is 18.5 Å². The van der Waals surface area contributed by atoms with Gasteiger partial charge in [-0.3, -0.25) is 14.2 Å². The summed E-state index contributed by atoms with van der Waals surface area (Å²) >= 11 is 0. The molecule has 0 aliphatic carbocycles. The number of allylic oxidation sites excluding steroid dienone is 12. The average molecular weight is 1110 g/mol. The fourth-order valence-corrected chi connectivity index (χ4v) is 9.98. The van der Waals surface area contributed by atoms with Crippen LogP contribution in [-0.2, 0) is 32.7 Å². The molecule has 0 saturated carbocycles. The lowest BCUT2D eigenvalue weighted by Gasteiger charge is -2.28. The van der Waals surface area contributed by atoms with Gasteiger partial charge in [0.05, 0.1) is 27.7 Å². The van der Waals surface area contributed by atoms with Gasteiger partial charge < -0.3 is 27.9 Å². The number of esters is 2. The van der Waals surface area contributed by atoms with Crippen LogP contribution in [0.2, 0.25) is 0 Å². The van der Waals surface area contributed by atoms with E-state index in [1.807, 2.05) is 21.1 Å². The number of unbranched alkanes of at least 4 members (excludes halogenated alkanes) is 34. The number of hydrogen-bond donors (Lipinski definition) is 0. The topological polar surface area (TPSA) is 111 Å². The molecule has 0 radical (unpaired) electrons. The van der Waals surface area contributed by atoms with Crippen molar-refractivity contribution in [3.63, 3.8) is 0 Å². The van der Waals surface area contributed by atoms with Gasteiger partial charge in [-0.25, -0.2) is 0 Å². The van der Waals surface area contributed by atoms with Gasteiger partial charge in [-0.2, -0.15) is 0 Å². The van der Waals surface area contributed by atoms with Crippen LogP contribution in [-0.4, -0.2) is 70.0 Å². The van der Waals surface area contributed by atoms with Crippen molar-refractivity contribution in [1.82, 2.24) is 0 Å². The van der Waals surface area contributed by atoms with Crippen LogP contribution in [0.4, 0.5) is 0 Å². The summed E-state index contributed by atoms with van der Waals surface area (Å²) in [4.78, 5) is 38.0. The van der Waals surface area contributed by atoms with Crippen molar-refractivity contribution in [1.29, 1.82) is 0 Å². The third kappa shape index (κ3) is 62.6. The predicted molar refractivity (Wildman–Crippen MR) is 333 cm³/mol. The van der Waals surface area contributed by atoms with Crippen LogP contribution in [0.5, 0.6) is 0 Å². The minimum Gasteiger partial charge on any atom is -0.756 e. The number of hydrogen-bond acceptors (Lipinski definition) is 8. The molecular formula is C68H124NO8P. The largest absolute Gasteiger partial charge is 0.756 e. The minimum atomic E-state index is -4.65. The second-order valence-corrected chi connectivity index (χ2v) is 24.5. The molecule has 78 heavy (non-hydrogen) atoms. The van der Waals surface area contributed by atoms with E-state index in [1.165, 1.54) is 167 Å². The Morgan fingerprint density at radius 1 is 0.410 bits per heavy atom. The van der Waals surface area contributed by atoms with Gasteiger partial charge in [-0.05, 0) is 64.2 Å². The zero-order valence-corrected chi connectivity index (χ0v) is 52.5. The van der Waals surface area contributed by atoms with Crippen LogP contribution < -0.4 is 4.89 Å². The van der Waals surface area contributed by atoms with E-state index in [0.29, 0.717) is 17.4 Å². The van der Waals surface area contributed by atoms with Gasteiger partial charge in [-0.15, -0.1) is 0 Å². The number of carbonyl (C=O) groups excluding carboxylic acids is 2. The number of likely N-dealkylation sites (N-methyl/N-ethyl adjacent to an activating group) is 1. The van der Waals surface area contributed by atoms with Crippen LogP contribution in [0.15, 0.2) is 72.9 Å². The maximum absolute atomic E-state index is 12.8. The molecule has 0 aliphatic heterocycles. The molecule has 2 unspecified atom stereocenters. The molecule has 0 heterocycles. The standard InChI is InChI=1S/C68H124NO8P/c1-6-8-10-12-14-16-18-20-22-24-26-28-30-32-33-34-35-37-38-40-42-44-46-48-50-52-54-56-58-60-67(70)74-64-66(65-76-78(72,73)75-63-62-69(3,4)5)77-68(71)61-59-57-55-53-51-49-47-45-43-41-39-36-31-29-27-25-23-21-19-17-15-13-11-9-7-2/h9,11,15,17,21,23,27,29,36,39,43,45,66H,6-8,10,12-14,16,18-20,22,24-26,28,30-35,37-38,40-42,44,46-65H2,1-5H3/b11-9-,17-15-,23-21-,29-27-,39-36-,45-43-. The molecule has 0 rings (SSSR count). The smallest absolute Gasteiger partial charge is 0.306 e. The number of ether oxygens (including phenoxy) is 2. The van der Waals surface area contributed by atoms with E-state index < -0.39 is 26.5 Å². The molecule has 0 saturated heterocycles. The first-order chi connectivity index (χ1) is 38.0. The maximum Gasteiger partial charge on any atom is 0.306 e. The number of quaternary nitrogens is 1. The first-order valence-corrected chi connectivity index (χ1v) is 34.1. The molecule has 0 aromatic rings. The molecule has 0 aliphatic rings. The molecule has 10 heteroatoms. The van der Waals surface area contributed by atoms with Crippen molar-refractivity contribution in [2.75, 3.05) is 47.5 Å². The van der Waals surface area contributed by atoms with E-state index in [1.54, 1.807) is 0 Å². The molecule has 9 nitrogen and oxygen atoms in total. The first kappa shape index (κ1) is 75.5. The Balaban J connectivity index is 4.10. The molecule has 0 aromatic heterocycles. The normalized spacial score (nSPS) is 13.7. The fourth-order valence-electron chi connectivity index (χ4n) is 9.25. The molecular weight excluding hydrogens is 990 g/mol. The van der Waals surface area contributed by atoms with E-state index >= 15 is 0 Å². The van der Waals surface area contributed by atoms with Crippen LogP contribution in [0, 0.1) is 0 Å². The summed E-state index contributed by atoms with van der Waals surface area (Å²) in [6.45, 7) is 4.15. The molecule has 0 N–H and O–H groups in total. The molecule has 0 aromatic carbocycles. The fraction of sp³-hybridized carbons (Fsp3) is 0.794. The highest BCUT2D eigenvalue weighted by atomic mass is 31.2. The molecule has 0 fully saturated rings. The highest BCUT2D eigenvalue weighted by molar-refractivity contribution is 7.45. The molecule has 0 spiro atoms. The zero-order chi connectivity index (χ0) is 57.0. The Labute approximate surface area is 482 Å². The highest BCUT2D eigenvalue weighted by Crippen LogP contribution is 2.38. The number of carbonyl (C=O) groups is 2. The van der Waals surface area contributed by atoms with Gasteiger partial charge in [0.15, 0.2) is 6.10 Å².